The van der Waals surface area contributed by atoms with Crippen LogP contribution in [0, 0.1) is 5.41 Å². The molecule has 4 heteroatoms. The van der Waals surface area contributed by atoms with Crippen molar-refractivity contribution in [3.63, 3.8) is 0 Å². The van der Waals surface area contributed by atoms with Crippen molar-refractivity contribution in [2.24, 2.45) is 5.41 Å². The Morgan fingerprint density at radius 3 is 1.68 bits per heavy atom. The average Bonchev–Trinajstić information content (AvgIpc) is 2.56. The van der Waals surface area contributed by atoms with E-state index in [9.17, 15) is 4.57 Å². The van der Waals surface area contributed by atoms with E-state index in [0.717, 1.165) is 10.6 Å². The molecular formula is C18H21O3P. The number of ether oxygens (including phenoxy) is 2. The molecule has 1 aliphatic rings. The van der Waals surface area contributed by atoms with Crippen molar-refractivity contribution >= 4 is 17.8 Å². The number of rotatable bonds is 3. The number of hydrogen-bond acceptors (Lipinski definition) is 3. The van der Waals surface area contributed by atoms with Crippen LogP contribution in [-0.4, -0.2) is 19.2 Å². The lowest BCUT2D eigenvalue weighted by atomic mass is 9.96. The van der Waals surface area contributed by atoms with Gasteiger partial charge < -0.3 is 14.0 Å². The molecule has 1 saturated heterocycles. The van der Waals surface area contributed by atoms with Gasteiger partial charge in [-0.25, -0.2) is 0 Å². The summed E-state index contributed by atoms with van der Waals surface area (Å²) in [6.45, 7) is 5.25. The predicted octanol–water partition coefficient (Wildman–Crippen LogP) is 3.36. The maximum atomic E-state index is 13.9. The summed E-state index contributed by atoms with van der Waals surface area (Å²) >= 11 is 0. The summed E-state index contributed by atoms with van der Waals surface area (Å²) in [6.07, 6.45) is 0. The van der Waals surface area contributed by atoms with Crippen LogP contribution in [0.15, 0.2) is 60.7 Å². The largest absolute Gasteiger partial charge is 0.345 e. The standard InChI is InChI=1S/C18H21O3P/c1-18(2)13-20-17(21-14-18)22(19,15-9-5-3-6-10-15)16-11-7-4-8-12-16/h3-12,17H,13-14H2,1-2H3. The fourth-order valence-corrected chi connectivity index (χ4v) is 5.17. The van der Waals surface area contributed by atoms with Gasteiger partial charge in [0.2, 0.25) is 6.03 Å². The molecule has 1 heterocycles. The van der Waals surface area contributed by atoms with Gasteiger partial charge in [0, 0.05) is 16.0 Å². The van der Waals surface area contributed by atoms with Crippen molar-refractivity contribution < 1.29 is 14.0 Å². The highest BCUT2D eigenvalue weighted by atomic mass is 31.2. The van der Waals surface area contributed by atoms with Crippen molar-refractivity contribution in [2.75, 3.05) is 13.2 Å². The van der Waals surface area contributed by atoms with Gasteiger partial charge in [0.25, 0.3) is 0 Å². The summed E-state index contributed by atoms with van der Waals surface area (Å²) in [5, 5.41) is 1.54. The third-order valence-corrected chi connectivity index (χ3v) is 6.83. The molecular weight excluding hydrogens is 295 g/mol. The summed E-state index contributed by atoms with van der Waals surface area (Å²) in [5.41, 5.74) is -0.0469. The Balaban J connectivity index is 2.03. The molecule has 0 saturated carbocycles. The van der Waals surface area contributed by atoms with E-state index in [-0.39, 0.29) is 5.41 Å². The molecule has 0 aromatic heterocycles. The summed E-state index contributed by atoms with van der Waals surface area (Å²) in [4.78, 5) is 0. The molecule has 1 aliphatic heterocycles. The van der Waals surface area contributed by atoms with Gasteiger partial charge in [0.1, 0.15) is 0 Å². The zero-order valence-electron chi connectivity index (χ0n) is 12.9. The number of hydrogen-bond donors (Lipinski definition) is 0. The zero-order valence-corrected chi connectivity index (χ0v) is 13.8. The van der Waals surface area contributed by atoms with Gasteiger partial charge >= 0.3 is 0 Å². The molecule has 3 rings (SSSR count). The van der Waals surface area contributed by atoms with Crippen LogP contribution in [0.25, 0.3) is 0 Å². The molecule has 2 aromatic carbocycles. The van der Waals surface area contributed by atoms with Gasteiger partial charge in [0.15, 0.2) is 7.14 Å². The van der Waals surface area contributed by atoms with E-state index in [4.69, 9.17) is 9.47 Å². The molecule has 0 amide bonds. The van der Waals surface area contributed by atoms with E-state index in [1.54, 1.807) is 0 Å². The highest BCUT2D eigenvalue weighted by Crippen LogP contribution is 2.51. The van der Waals surface area contributed by atoms with E-state index in [1.165, 1.54) is 0 Å². The van der Waals surface area contributed by atoms with Gasteiger partial charge in [-0.3, -0.25) is 0 Å². The summed E-state index contributed by atoms with van der Waals surface area (Å²) in [6, 6.07) is 18.3. The molecule has 0 atom stereocenters. The van der Waals surface area contributed by atoms with Crippen LogP contribution in [0.2, 0.25) is 0 Å². The van der Waals surface area contributed by atoms with E-state index in [2.05, 4.69) is 13.8 Å². The first-order valence-electron chi connectivity index (χ1n) is 7.47. The predicted molar refractivity (Wildman–Crippen MR) is 89.2 cm³/mol. The van der Waals surface area contributed by atoms with Crippen LogP contribution in [0.5, 0.6) is 0 Å². The van der Waals surface area contributed by atoms with Crippen LogP contribution in [0.4, 0.5) is 0 Å². The first kappa shape index (κ1) is 15.5. The second-order valence-electron chi connectivity index (χ2n) is 6.42. The van der Waals surface area contributed by atoms with Crippen molar-refractivity contribution in [3.8, 4) is 0 Å². The van der Waals surface area contributed by atoms with E-state index in [0.29, 0.717) is 13.2 Å². The Labute approximate surface area is 131 Å². The van der Waals surface area contributed by atoms with Crippen molar-refractivity contribution in [3.05, 3.63) is 60.7 Å². The van der Waals surface area contributed by atoms with Crippen LogP contribution in [0.1, 0.15) is 13.8 Å². The molecule has 0 N–H and O–H groups in total. The topological polar surface area (TPSA) is 35.5 Å². The minimum absolute atomic E-state index is 0.0469. The van der Waals surface area contributed by atoms with Crippen LogP contribution in [-0.2, 0) is 14.0 Å². The van der Waals surface area contributed by atoms with Crippen molar-refractivity contribution in [2.45, 2.75) is 19.9 Å². The lowest BCUT2D eigenvalue weighted by Gasteiger charge is -2.38. The van der Waals surface area contributed by atoms with Crippen LogP contribution < -0.4 is 10.6 Å². The van der Waals surface area contributed by atoms with Gasteiger partial charge in [-0.2, -0.15) is 0 Å². The van der Waals surface area contributed by atoms with E-state index < -0.39 is 13.2 Å². The van der Waals surface area contributed by atoms with Gasteiger partial charge in [0.05, 0.1) is 13.2 Å². The lowest BCUT2D eigenvalue weighted by Crippen LogP contribution is -2.41. The van der Waals surface area contributed by atoms with Crippen LogP contribution in [0.3, 0.4) is 0 Å². The van der Waals surface area contributed by atoms with Gasteiger partial charge in [-0.15, -0.1) is 0 Å². The first-order valence-corrected chi connectivity index (χ1v) is 9.24. The second kappa shape index (κ2) is 6.00. The molecule has 3 nitrogen and oxygen atoms in total. The molecule has 1 fully saturated rings. The highest BCUT2D eigenvalue weighted by Gasteiger charge is 2.42. The smallest absolute Gasteiger partial charge is 0.219 e. The second-order valence-corrected chi connectivity index (χ2v) is 9.19. The SMILES string of the molecule is CC1(C)COC(P(=O)(c2ccccc2)c2ccccc2)OC1. The van der Waals surface area contributed by atoms with Crippen molar-refractivity contribution in [1.29, 1.82) is 0 Å². The monoisotopic (exact) mass is 316 g/mol. The Kier molecular flexibility index (Phi) is 4.22. The summed E-state index contributed by atoms with van der Waals surface area (Å²) < 4.78 is 25.7. The Morgan fingerprint density at radius 2 is 1.27 bits per heavy atom. The van der Waals surface area contributed by atoms with E-state index in [1.807, 2.05) is 60.7 Å². The van der Waals surface area contributed by atoms with Gasteiger partial charge in [-0.1, -0.05) is 74.5 Å². The summed E-state index contributed by atoms with van der Waals surface area (Å²) in [7, 11) is -3.00. The third-order valence-electron chi connectivity index (χ3n) is 3.81. The Morgan fingerprint density at radius 1 is 0.864 bits per heavy atom. The Bertz CT molecular complexity index is 614. The zero-order chi connectivity index (χ0) is 15.6. The quantitative estimate of drug-likeness (QED) is 0.815. The lowest BCUT2D eigenvalue weighted by molar-refractivity contribution is -0.179. The molecule has 2 aromatic rings. The minimum atomic E-state index is -3.00. The summed E-state index contributed by atoms with van der Waals surface area (Å²) in [5.74, 6) is 0. The molecule has 0 unspecified atom stereocenters. The fourth-order valence-electron chi connectivity index (χ4n) is 2.58. The maximum absolute atomic E-state index is 13.9. The highest BCUT2D eigenvalue weighted by molar-refractivity contribution is 7.79. The third kappa shape index (κ3) is 2.89. The minimum Gasteiger partial charge on any atom is -0.345 e. The maximum Gasteiger partial charge on any atom is 0.219 e. The Hall–Kier alpha value is -1.41. The molecule has 0 radical (unpaired) electrons. The molecule has 0 spiro atoms. The number of benzene rings is 2. The fraction of sp³-hybridized carbons (Fsp3) is 0.333. The molecule has 116 valence electrons. The van der Waals surface area contributed by atoms with E-state index >= 15 is 0 Å². The van der Waals surface area contributed by atoms with Crippen molar-refractivity contribution in [1.82, 2.24) is 0 Å². The molecule has 0 aliphatic carbocycles. The van der Waals surface area contributed by atoms with Crippen LogP contribution >= 0.6 is 7.14 Å². The average molecular weight is 316 g/mol. The van der Waals surface area contributed by atoms with Gasteiger partial charge in [-0.05, 0) is 0 Å². The molecule has 0 bridgehead atoms. The first-order chi connectivity index (χ1) is 10.5. The molecule has 22 heavy (non-hydrogen) atoms. The normalized spacial score (nSPS) is 19.0.